The van der Waals surface area contributed by atoms with Crippen LogP contribution in [0.5, 0.6) is 5.75 Å². The van der Waals surface area contributed by atoms with E-state index in [0.717, 1.165) is 17.0 Å². The molecular weight excluding hydrogens is 393 g/mol. The van der Waals surface area contributed by atoms with E-state index < -0.39 is 6.10 Å². The molecule has 1 saturated carbocycles. The van der Waals surface area contributed by atoms with Crippen LogP contribution in [0.15, 0.2) is 40.0 Å². The Morgan fingerprint density at radius 2 is 2.03 bits per heavy atom. The van der Waals surface area contributed by atoms with Gasteiger partial charge in [-0.25, -0.2) is 4.39 Å². The third-order valence-corrected chi connectivity index (χ3v) is 5.74. The van der Waals surface area contributed by atoms with Crippen LogP contribution in [0.4, 0.5) is 4.39 Å². The minimum absolute atomic E-state index is 0.0466. The predicted octanol–water partition coefficient (Wildman–Crippen LogP) is 5.08. The van der Waals surface area contributed by atoms with E-state index in [4.69, 9.17) is 9.15 Å². The Bertz CT molecular complexity index is 1020. The third-order valence-electron chi connectivity index (χ3n) is 4.92. The van der Waals surface area contributed by atoms with Crippen LogP contribution < -0.4 is 4.74 Å². The van der Waals surface area contributed by atoms with Crippen LogP contribution in [0, 0.1) is 19.7 Å². The van der Waals surface area contributed by atoms with Crippen LogP contribution in [0.2, 0.25) is 0 Å². The summed E-state index contributed by atoms with van der Waals surface area (Å²) in [5.41, 5.74) is 2.92. The molecule has 1 aromatic carbocycles. The average molecular weight is 415 g/mol. The first-order valence-electron chi connectivity index (χ1n) is 9.52. The summed E-state index contributed by atoms with van der Waals surface area (Å²) in [7, 11) is 0. The van der Waals surface area contributed by atoms with Crippen LogP contribution in [0.25, 0.3) is 0 Å². The van der Waals surface area contributed by atoms with Gasteiger partial charge in [0.25, 0.3) is 11.1 Å². The number of benzene rings is 1. The first-order valence-corrected chi connectivity index (χ1v) is 10.5. The Balaban J connectivity index is 1.36. The van der Waals surface area contributed by atoms with Gasteiger partial charge in [0.1, 0.15) is 11.6 Å². The Morgan fingerprint density at radius 1 is 1.31 bits per heavy atom. The molecule has 1 aliphatic carbocycles. The highest BCUT2D eigenvalue weighted by atomic mass is 32.2. The first kappa shape index (κ1) is 19.7. The van der Waals surface area contributed by atoms with Crippen molar-refractivity contribution in [3.05, 3.63) is 59.0 Å². The molecule has 1 atom stereocenters. The molecule has 29 heavy (non-hydrogen) atoms. The summed E-state index contributed by atoms with van der Waals surface area (Å²) in [5, 5.41) is 8.31. The number of Topliss-reactive ketones (excluding diaryl/α,β-unsaturated/α-hetero) is 1. The number of ketones is 1. The Labute approximate surface area is 172 Å². The van der Waals surface area contributed by atoms with Crippen LogP contribution in [0.1, 0.15) is 59.5 Å². The van der Waals surface area contributed by atoms with Crippen molar-refractivity contribution in [2.45, 2.75) is 51.0 Å². The number of ether oxygens (including phenoxy) is 1. The largest absolute Gasteiger partial charge is 0.481 e. The highest BCUT2D eigenvalue weighted by Crippen LogP contribution is 2.38. The quantitative estimate of drug-likeness (QED) is 0.378. The van der Waals surface area contributed by atoms with Gasteiger partial charge in [-0.05, 0) is 63.9 Å². The van der Waals surface area contributed by atoms with Gasteiger partial charge in [0.05, 0.1) is 5.75 Å². The van der Waals surface area contributed by atoms with Crippen LogP contribution >= 0.6 is 11.8 Å². The van der Waals surface area contributed by atoms with Gasteiger partial charge < -0.3 is 13.7 Å². The van der Waals surface area contributed by atoms with Gasteiger partial charge >= 0.3 is 0 Å². The summed E-state index contributed by atoms with van der Waals surface area (Å²) in [6.45, 7) is 5.81. The van der Waals surface area contributed by atoms with Crippen molar-refractivity contribution in [3.8, 4) is 5.75 Å². The number of hydrogen-bond donors (Lipinski definition) is 0. The molecule has 1 fully saturated rings. The molecule has 0 bridgehead atoms. The van der Waals surface area contributed by atoms with Crippen molar-refractivity contribution in [2.75, 3.05) is 5.75 Å². The van der Waals surface area contributed by atoms with Gasteiger partial charge in [-0.15, -0.1) is 10.2 Å². The smallest absolute Gasteiger partial charge is 0.277 e. The van der Waals surface area contributed by atoms with Crippen molar-refractivity contribution in [3.63, 3.8) is 0 Å². The molecule has 2 aromatic heterocycles. The molecule has 0 unspecified atom stereocenters. The van der Waals surface area contributed by atoms with Crippen molar-refractivity contribution < 1.29 is 18.3 Å². The molecule has 1 aliphatic rings. The van der Waals surface area contributed by atoms with Crippen molar-refractivity contribution in [1.82, 2.24) is 14.8 Å². The molecule has 2 heterocycles. The summed E-state index contributed by atoms with van der Waals surface area (Å²) in [6.07, 6.45) is 1.87. The Morgan fingerprint density at radius 3 is 2.72 bits per heavy atom. The molecule has 3 aromatic rings. The molecule has 152 valence electrons. The molecule has 4 rings (SSSR count). The molecule has 0 amide bonds. The van der Waals surface area contributed by atoms with E-state index in [-0.39, 0.29) is 17.4 Å². The van der Waals surface area contributed by atoms with E-state index in [2.05, 4.69) is 14.8 Å². The Hall–Kier alpha value is -2.61. The van der Waals surface area contributed by atoms with Crippen molar-refractivity contribution in [2.24, 2.45) is 0 Å². The zero-order valence-electron chi connectivity index (χ0n) is 16.5. The summed E-state index contributed by atoms with van der Waals surface area (Å²) in [5.74, 6) is 0.752. The number of aromatic nitrogens is 3. The van der Waals surface area contributed by atoms with Gasteiger partial charge in [-0.2, -0.15) is 0 Å². The topological polar surface area (TPSA) is 70.2 Å². The second-order valence-electron chi connectivity index (χ2n) is 7.22. The number of hydrogen-bond acceptors (Lipinski definition) is 6. The molecule has 0 spiro atoms. The fourth-order valence-electron chi connectivity index (χ4n) is 3.37. The fraction of sp³-hybridized carbons (Fsp3) is 0.381. The maximum Gasteiger partial charge on any atom is 0.277 e. The predicted molar refractivity (Wildman–Crippen MR) is 107 cm³/mol. The SMILES string of the molecule is Cc1cc(C(=O)CSc2nnc([C@H](C)Oc3ccc(F)cc3)o2)c(C)n1C1CC1. The molecule has 0 radical (unpaired) electrons. The lowest BCUT2D eigenvalue weighted by atomic mass is 10.2. The van der Waals surface area contributed by atoms with Gasteiger partial charge in [-0.3, -0.25) is 4.79 Å². The molecule has 0 aliphatic heterocycles. The van der Waals surface area contributed by atoms with E-state index >= 15 is 0 Å². The van der Waals surface area contributed by atoms with E-state index in [1.165, 1.54) is 48.9 Å². The maximum atomic E-state index is 13.0. The number of rotatable bonds is 8. The number of thioether (sulfide) groups is 1. The zero-order chi connectivity index (χ0) is 20.5. The fourth-order valence-corrected chi connectivity index (χ4v) is 4.02. The van der Waals surface area contributed by atoms with Gasteiger partial charge in [0, 0.05) is 23.0 Å². The van der Waals surface area contributed by atoms with Crippen LogP contribution in [-0.4, -0.2) is 26.3 Å². The van der Waals surface area contributed by atoms with Crippen molar-refractivity contribution >= 4 is 17.5 Å². The molecule has 0 saturated heterocycles. The van der Waals surface area contributed by atoms with Gasteiger partial charge in [0.2, 0.25) is 0 Å². The first-order chi connectivity index (χ1) is 13.9. The highest BCUT2D eigenvalue weighted by molar-refractivity contribution is 7.99. The lowest BCUT2D eigenvalue weighted by Crippen LogP contribution is -2.05. The average Bonchev–Trinajstić information content (AvgIpc) is 3.32. The summed E-state index contributed by atoms with van der Waals surface area (Å²) < 4.78 is 26.5. The second kappa shape index (κ2) is 8.02. The number of aryl methyl sites for hydroxylation is 1. The lowest BCUT2D eigenvalue weighted by molar-refractivity contribution is 0.102. The lowest BCUT2D eigenvalue weighted by Gasteiger charge is -2.10. The van der Waals surface area contributed by atoms with Gasteiger partial charge in [0.15, 0.2) is 11.9 Å². The molecule has 6 nitrogen and oxygen atoms in total. The standard InChI is InChI=1S/C21H22FN3O3S/c1-12-10-18(13(2)25(12)16-6-7-16)19(26)11-29-21-24-23-20(28-21)14(3)27-17-8-4-15(22)5-9-17/h4-5,8-10,14,16H,6-7,11H2,1-3H3/t14-/m0/s1. The van der Waals surface area contributed by atoms with E-state index in [1.807, 2.05) is 19.9 Å². The van der Waals surface area contributed by atoms with E-state index in [9.17, 15) is 9.18 Å². The molecular formula is C21H22FN3O3S. The van der Waals surface area contributed by atoms with E-state index in [0.29, 0.717) is 22.9 Å². The number of halogens is 1. The third kappa shape index (κ3) is 4.37. The van der Waals surface area contributed by atoms with Crippen LogP contribution in [0.3, 0.4) is 0 Å². The number of carbonyl (C=O) groups excluding carboxylic acids is 1. The normalized spacial score (nSPS) is 14.8. The Kier molecular flexibility index (Phi) is 5.45. The minimum Gasteiger partial charge on any atom is -0.481 e. The molecule has 0 N–H and O–H groups in total. The highest BCUT2D eigenvalue weighted by Gasteiger charge is 2.28. The van der Waals surface area contributed by atoms with Gasteiger partial charge in [-0.1, -0.05) is 11.8 Å². The minimum atomic E-state index is -0.490. The monoisotopic (exact) mass is 415 g/mol. The van der Waals surface area contributed by atoms with Crippen molar-refractivity contribution in [1.29, 1.82) is 0 Å². The zero-order valence-corrected chi connectivity index (χ0v) is 17.3. The molecule has 8 heteroatoms. The van der Waals surface area contributed by atoms with E-state index in [1.54, 1.807) is 6.92 Å². The second-order valence-corrected chi connectivity index (χ2v) is 8.14. The van der Waals surface area contributed by atoms with Crippen LogP contribution in [-0.2, 0) is 0 Å². The summed E-state index contributed by atoms with van der Waals surface area (Å²) in [6, 6.07) is 8.23. The maximum absolute atomic E-state index is 13.0. The number of nitrogens with zero attached hydrogens (tertiary/aromatic N) is 3. The summed E-state index contributed by atoms with van der Waals surface area (Å²) in [4.78, 5) is 12.7. The summed E-state index contributed by atoms with van der Waals surface area (Å²) >= 11 is 1.21. The number of carbonyl (C=O) groups is 1.